The lowest BCUT2D eigenvalue weighted by molar-refractivity contribution is -0.137. The van der Waals surface area contributed by atoms with Gasteiger partial charge in [-0.3, -0.25) is 4.79 Å². The van der Waals surface area contributed by atoms with Gasteiger partial charge in [0.25, 0.3) is 0 Å². The van der Waals surface area contributed by atoms with E-state index in [2.05, 4.69) is 0 Å². The third kappa shape index (κ3) is 6.86. The molecule has 1 atom stereocenters. The van der Waals surface area contributed by atoms with Gasteiger partial charge in [-0.2, -0.15) is 0 Å². The molecule has 5 heteroatoms. The number of ether oxygens (including phenoxy) is 1. The van der Waals surface area contributed by atoms with E-state index >= 15 is 0 Å². The Morgan fingerprint density at radius 2 is 1.94 bits per heavy atom. The van der Waals surface area contributed by atoms with Crippen molar-refractivity contribution in [2.24, 2.45) is 5.73 Å². The molecule has 0 aromatic carbocycles. The van der Waals surface area contributed by atoms with Crippen molar-refractivity contribution in [1.82, 2.24) is 4.90 Å². The summed E-state index contributed by atoms with van der Waals surface area (Å²) in [6.45, 7) is 10.3. The average Bonchev–Trinajstić information content (AvgIpc) is 2.23. The first-order valence-electron chi connectivity index (χ1n) is 6.15. The topological polar surface area (TPSA) is 55.6 Å². The van der Waals surface area contributed by atoms with Crippen molar-refractivity contribution in [1.29, 1.82) is 0 Å². The van der Waals surface area contributed by atoms with Crippen molar-refractivity contribution in [3.63, 3.8) is 0 Å². The van der Waals surface area contributed by atoms with Gasteiger partial charge >= 0.3 is 0 Å². The summed E-state index contributed by atoms with van der Waals surface area (Å²) < 4.78 is 5.25. The molecule has 0 heterocycles. The summed E-state index contributed by atoms with van der Waals surface area (Å²) in [6, 6.07) is 0. The molecule has 0 aliphatic heterocycles. The van der Waals surface area contributed by atoms with E-state index in [0.717, 1.165) is 12.8 Å². The van der Waals surface area contributed by atoms with Crippen LogP contribution in [-0.4, -0.2) is 42.6 Å². The van der Waals surface area contributed by atoms with Crippen LogP contribution in [0.25, 0.3) is 0 Å². The molecule has 2 N–H and O–H groups in total. The quantitative estimate of drug-likeness (QED) is 0.682. The van der Waals surface area contributed by atoms with Crippen molar-refractivity contribution in [2.75, 3.05) is 26.3 Å². The second-order valence-electron chi connectivity index (χ2n) is 4.25. The van der Waals surface area contributed by atoms with Crippen LogP contribution < -0.4 is 5.73 Å². The zero-order valence-electron chi connectivity index (χ0n) is 11.5. The molecule has 0 aliphatic carbocycles. The number of nitrogens with two attached hydrogens (primary N) is 1. The van der Waals surface area contributed by atoms with E-state index in [-0.39, 0.29) is 18.3 Å². The summed E-state index contributed by atoms with van der Waals surface area (Å²) in [5, 5.41) is 0. The molecule has 0 spiro atoms. The van der Waals surface area contributed by atoms with E-state index in [1.807, 2.05) is 27.7 Å². The third-order valence-electron chi connectivity index (χ3n) is 2.64. The smallest absolute Gasteiger partial charge is 0.242 e. The van der Waals surface area contributed by atoms with Crippen molar-refractivity contribution in [3.05, 3.63) is 0 Å². The maximum absolute atomic E-state index is 12.1. The molecule has 0 saturated heterocycles. The zero-order chi connectivity index (χ0) is 12.6. The van der Waals surface area contributed by atoms with Crippen LogP contribution in [0.3, 0.4) is 0 Å². The van der Waals surface area contributed by atoms with Gasteiger partial charge < -0.3 is 15.4 Å². The highest BCUT2D eigenvalue weighted by molar-refractivity contribution is 5.85. The number of hydrogen-bond donors (Lipinski definition) is 1. The second-order valence-corrected chi connectivity index (χ2v) is 4.25. The van der Waals surface area contributed by atoms with Gasteiger partial charge in [0.1, 0.15) is 0 Å². The molecular weight excluding hydrogens is 240 g/mol. The first kappa shape index (κ1) is 19.0. The predicted molar refractivity (Wildman–Crippen MR) is 73.5 cm³/mol. The Bertz CT molecular complexity index is 211. The minimum atomic E-state index is -0.739. The molecule has 0 rings (SSSR count). The molecule has 0 fully saturated rings. The van der Waals surface area contributed by atoms with Gasteiger partial charge in [-0.05, 0) is 27.2 Å². The molecule has 17 heavy (non-hydrogen) atoms. The van der Waals surface area contributed by atoms with E-state index in [9.17, 15) is 4.79 Å². The SMILES string of the molecule is CCCC(C)(N)C(=O)N(CC)CCOCC.Cl. The number of hydrogen-bond acceptors (Lipinski definition) is 3. The largest absolute Gasteiger partial charge is 0.380 e. The molecule has 4 nitrogen and oxygen atoms in total. The minimum absolute atomic E-state index is 0. The Morgan fingerprint density at radius 3 is 2.35 bits per heavy atom. The monoisotopic (exact) mass is 266 g/mol. The normalized spacial score (nSPS) is 13.7. The third-order valence-corrected chi connectivity index (χ3v) is 2.64. The molecule has 0 radical (unpaired) electrons. The van der Waals surface area contributed by atoms with E-state index in [4.69, 9.17) is 10.5 Å². The lowest BCUT2D eigenvalue weighted by Gasteiger charge is -2.30. The number of carbonyl (C=O) groups excluding carboxylic acids is 1. The van der Waals surface area contributed by atoms with E-state index in [1.165, 1.54) is 0 Å². The van der Waals surface area contributed by atoms with Gasteiger partial charge in [-0.1, -0.05) is 13.3 Å². The average molecular weight is 267 g/mol. The van der Waals surface area contributed by atoms with Crippen LogP contribution >= 0.6 is 12.4 Å². The van der Waals surface area contributed by atoms with Gasteiger partial charge in [0, 0.05) is 19.7 Å². The van der Waals surface area contributed by atoms with Gasteiger partial charge in [0.05, 0.1) is 12.1 Å². The van der Waals surface area contributed by atoms with Crippen LogP contribution in [-0.2, 0) is 9.53 Å². The molecule has 0 bridgehead atoms. The zero-order valence-corrected chi connectivity index (χ0v) is 12.3. The number of rotatable bonds is 8. The molecule has 0 aliphatic rings. The highest BCUT2D eigenvalue weighted by Crippen LogP contribution is 2.12. The van der Waals surface area contributed by atoms with Crippen LogP contribution in [0, 0.1) is 0 Å². The molecule has 0 aromatic rings. The maximum atomic E-state index is 12.1. The molecule has 1 unspecified atom stereocenters. The maximum Gasteiger partial charge on any atom is 0.242 e. The van der Waals surface area contributed by atoms with Crippen LogP contribution in [0.5, 0.6) is 0 Å². The summed E-state index contributed by atoms with van der Waals surface area (Å²) in [5.74, 6) is 0.0246. The van der Waals surface area contributed by atoms with Crippen LogP contribution in [0.4, 0.5) is 0 Å². The van der Waals surface area contributed by atoms with Gasteiger partial charge in [0.2, 0.25) is 5.91 Å². The Labute approximate surface area is 111 Å². The fraction of sp³-hybridized carbons (Fsp3) is 0.917. The number of carbonyl (C=O) groups is 1. The van der Waals surface area contributed by atoms with E-state index in [1.54, 1.807) is 4.90 Å². The molecule has 1 amide bonds. The second kappa shape index (κ2) is 9.68. The minimum Gasteiger partial charge on any atom is -0.380 e. The summed E-state index contributed by atoms with van der Waals surface area (Å²) in [6.07, 6.45) is 1.64. The van der Waals surface area contributed by atoms with Crippen molar-refractivity contribution < 1.29 is 9.53 Å². The molecule has 0 aromatic heterocycles. The van der Waals surface area contributed by atoms with Gasteiger partial charge in [-0.25, -0.2) is 0 Å². The predicted octanol–water partition coefficient (Wildman–Crippen LogP) is 1.81. The van der Waals surface area contributed by atoms with Gasteiger partial charge in [0.15, 0.2) is 0 Å². The van der Waals surface area contributed by atoms with Crippen molar-refractivity contribution in [3.8, 4) is 0 Å². The van der Waals surface area contributed by atoms with E-state index < -0.39 is 5.54 Å². The summed E-state index contributed by atoms with van der Waals surface area (Å²) in [7, 11) is 0. The van der Waals surface area contributed by atoms with Crippen LogP contribution in [0.15, 0.2) is 0 Å². The Kier molecular flexibility index (Phi) is 10.8. The van der Waals surface area contributed by atoms with Crippen LogP contribution in [0.2, 0.25) is 0 Å². The lowest BCUT2D eigenvalue weighted by atomic mass is 9.96. The highest BCUT2D eigenvalue weighted by atomic mass is 35.5. The standard InChI is InChI=1S/C12H26N2O2.ClH/c1-5-8-12(4,13)11(15)14(6-2)9-10-16-7-3;/h5-10,13H2,1-4H3;1H. The highest BCUT2D eigenvalue weighted by Gasteiger charge is 2.30. The summed E-state index contributed by atoms with van der Waals surface area (Å²) >= 11 is 0. The molecule has 0 saturated carbocycles. The fourth-order valence-corrected chi connectivity index (χ4v) is 1.71. The summed E-state index contributed by atoms with van der Waals surface area (Å²) in [5.41, 5.74) is 5.28. The number of amides is 1. The first-order valence-corrected chi connectivity index (χ1v) is 6.15. The molecular formula is C12H27ClN2O2. The number of likely N-dealkylation sites (N-methyl/N-ethyl adjacent to an activating group) is 1. The number of halogens is 1. The van der Waals surface area contributed by atoms with Gasteiger partial charge in [-0.15, -0.1) is 12.4 Å². The fourth-order valence-electron chi connectivity index (χ4n) is 1.71. The van der Waals surface area contributed by atoms with Crippen molar-refractivity contribution >= 4 is 18.3 Å². The molecule has 104 valence electrons. The first-order chi connectivity index (χ1) is 7.49. The van der Waals surface area contributed by atoms with Crippen LogP contribution in [0.1, 0.15) is 40.5 Å². The number of nitrogens with zero attached hydrogens (tertiary/aromatic N) is 1. The Hall–Kier alpha value is -0.320. The lowest BCUT2D eigenvalue weighted by Crippen LogP contribution is -2.53. The van der Waals surface area contributed by atoms with Crippen molar-refractivity contribution in [2.45, 2.75) is 46.1 Å². The van der Waals surface area contributed by atoms with E-state index in [0.29, 0.717) is 26.3 Å². The Balaban J connectivity index is 0. The Morgan fingerprint density at radius 1 is 1.35 bits per heavy atom. The summed E-state index contributed by atoms with van der Waals surface area (Å²) in [4.78, 5) is 13.9.